The van der Waals surface area contributed by atoms with E-state index in [9.17, 15) is 0 Å². The van der Waals surface area contributed by atoms with Crippen LogP contribution in [0.3, 0.4) is 0 Å². The number of nitrogen functional groups attached to an aromatic ring is 2. The molecule has 0 saturated heterocycles. The molecule has 1 aromatic heterocycles. The van der Waals surface area contributed by atoms with Crippen LogP contribution in [0, 0.1) is 0 Å². The second-order valence-electron chi connectivity index (χ2n) is 2.07. The van der Waals surface area contributed by atoms with E-state index in [4.69, 9.17) is 11.5 Å². The smallest absolute Gasteiger partial charge is 0.343 e. The topological polar surface area (TPSA) is 104 Å². The minimum absolute atomic E-state index is 0.141. The Morgan fingerprint density at radius 3 is 3.00 bits per heavy atom. The molecule has 1 aliphatic heterocycles. The van der Waals surface area contributed by atoms with Crippen molar-refractivity contribution in [3.05, 3.63) is 0 Å². The Bertz CT molecular complexity index is 330. The molecule has 0 unspecified atom stereocenters. The monoisotopic (exact) mass is 150 g/mol. The molecule has 5 N–H and O–H groups in total. The summed E-state index contributed by atoms with van der Waals surface area (Å²) in [6.45, 7) is 0. The first-order valence-electron chi connectivity index (χ1n) is 2.99. The summed E-state index contributed by atoms with van der Waals surface area (Å²) >= 11 is 0. The zero-order valence-corrected chi connectivity index (χ0v) is 5.57. The van der Waals surface area contributed by atoms with Crippen molar-refractivity contribution in [2.24, 2.45) is 0 Å². The van der Waals surface area contributed by atoms with Gasteiger partial charge in [0.05, 0.1) is 0 Å². The van der Waals surface area contributed by atoms with Gasteiger partial charge >= 0.3 is 5.82 Å². The molecule has 1 aromatic rings. The lowest BCUT2D eigenvalue weighted by molar-refractivity contribution is 1.16. The Morgan fingerprint density at radius 2 is 2.18 bits per heavy atom. The van der Waals surface area contributed by atoms with Crippen LogP contribution in [0.5, 0.6) is 0 Å². The van der Waals surface area contributed by atoms with E-state index in [-0.39, 0.29) is 5.95 Å². The number of nitrogens with zero attached hydrogens (tertiary/aromatic N) is 3. The van der Waals surface area contributed by atoms with Crippen molar-refractivity contribution < 1.29 is 0 Å². The number of anilines is 3. The third-order valence-electron chi connectivity index (χ3n) is 1.33. The van der Waals surface area contributed by atoms with E-state index >= 15 is 0 Å². The quantitative estimate of drug-likeness (QED) is 0.443. The van der Waals surface area contributed by atoms with Crippen LogP contribution in [0.1, 0.15) is 0 Å². The second-order valence-corrected chi connectivity index (χ2v) is 2.07. The van der Waals surface area contributed by atoms with Gasteiger partial charge in [-0.1, -0.05) is 9.98 Å². The summed E-state index contributed by atoms with van der Waals surface area (Å²) in [5.74, 6) is 0.960. The summed E-state index contributed by atoms with van der Waals surface area (Å²) in [6.07, 6.45) is 1.50. The highest BCUT2D eigenvalue weighted by atomic mass is 15.2. The highest BCUT2D eigenvalue weighted by molar-refractivity contribution is 5.92. The van der Waals surface area contributed by atoms with Crippen molar-refractivity contribution in [2.75, 3.05) is 16.8 Å². The predicted molar refractivity (Wildman–Crippen MR) is 42.3 cm³/mol. The normalized spacial score (nSPS) is 12.7. The number of hydrogen-bond donors (Lipinski definition) is 3. The van der Waals surface area contributed by atoms with Gasteiger partial charge in [-0.05, 0) is 0 Å². The maximum absolute atomic E-state index is 5.50. The number of hydrogen-bond acceptors (Lipinski definition) is 6. The molecule has 0 amide bonds. The fourth-order valence-electron chi connectivity index (χ4n) is 0.873. The molecule has 55 valence electrons. The molecule has 0 bridgehead atoms. The first kappa shape index (κ1) is 5.90. The lowest BCUT2D eigenvalue weighted by Gasteiger charge is -1.93. The SMILES string of the molecule is Nc1nc(N)c2c(n1)[N+]=CN2. The largest absolute Gasteiger partial charge is 0.380 e. The van der Waals surface area contributed by atoms with Crippen LogP contribution in [-0.4, -0.2) is 16.3 Å². The first-order chi connectivity index (χ1) is 5.27. The van der Waals surface area contributed by atoms with Crippen molar-refractivity contribution >= 4 is 29.6 Å². The average molecular weight is 150 g/mol. The predicted octanol–water partition coefficient (Wildman–Crippen LogP) is -0.938. The lowest BCUT2D eigenvalue weighted by atomic mass is 10.4. The molecule has 11 heavy (non-hydrogen) atoms. The van der Waals surface area contributed by atoms with Crippen LogP contribution < -0.4 is 21.8 Å². The second kappa shape index (κ2) is 1.82. The molecular weight excluding hydrogens is 144 g/mol. The number of aromatic nitrogens is 2. The van der Waals surface area contributed by atoms with Crippen LogP contribution in [-0.2, 0) is 0 Å². The summed E-state index contributed by atoms with van der Waals surface area (Å²) in [6, 6.07) is 0. The third kappa shape index (κ3) is 0.759. The van der Waals surface area contributed by atoms with E-state index in [1.165, 1.54) is 6.34 Å². The Kier molecular flexibility index (Phi) is 0.974. The molecule has 2 heterocycles. The fraction of sp³-hybridized carbons (Fsp3) is 0. The van der Waals surface area contributed by atoms with Gasteiger partial charge in [0, 0.05) is 0 Å². The number of nitrogens with one attached hydrogen (secondary N) is 1. The standard InChI is InChI=1S/C5H6N6/c6-3-2-4(9-1-8-2)11-5(7)10-3/h1,8H,(H4,6,7,10,11)/q+1. The van der Waals surface area contributed by atoms with Crippen LogP contribution in [0.25, 0.3) is 0 Å². The van der Waals surface area contributed by atoms with Gasteiger partial charge in [0.2, 0.25) is 12.0 Å². The summed E-state index contributed by atoms with van der Waals surface area (Å²) in [5, 5.41) is 2.80. The zero-order chi connectivity index (χ0) is 7.84. The van der Waals surface area contributed by atoms with Gasteiger partial charge in [0.15, 0.2) is 5.82 Å². The van der Waals surface area contributed by atoms with Gasteiger partial charge in [-0.2, -0.15) is 4.98 Å². The minimum atomic E-state index is 0.141. The maximum Gasteiger partial charge on any atom is 0.343 e. The fourth-order valence-corrected chi connectivity index (χ4v) is 0.873. The van der Waals surface area contributed by atoms with Crippen molar-refractivity contribution in [1.82, 2.24) is 15.0 Å². The minimum Gasteiger partial charge on any atom is -0.380 e. The number of nitrogens with two attached hydrogens (primary N) is 2. The average Bonchev–Trinajstić information content (AvgIpc) is 2.34. The van der Waals surface area contributed by atoms with Crippen molar-refractivity contribution in [3.63, 3.8) is 0 Å². The molecule has 2 rings (SSSR count). The highest BCUT2D eigenvalue weighted by Gasteiger charge is 2.22. The first-order valence-corrected chi connectivity index (χ1v) is 2.99. The van der Waals surface area contributed by atoms with Crippen LogP contribution in [0.4, 0.5) is 23.3 Å². The lowest BCUT2D eigenvalue weighted by Crippen LogP contribution is -2.02. The molecule has 6 nitrogen and oxygen atoms in total. The molecule has 0 saturated carbocycles. The van der Waals surface area contributed by atoms with Crippen LogP contribution in [0.15, 0.2) is 0 Å². The summed E-state index contributed by atoms with van der Waals surface area (Å²) in [4.78, 5) is 11.5. The van der Waals surface area contributed by atoms with E-state index < -0.39 is 0 Å². The van der Waals surface area contributed by atoms with E-state index in [1.807, 2.05) is 0 Å². The van der Waals surface area contributed by atoms with Crippen molar-refractivity contribution in [1.29, 1.82) is 0 Å². The molecule has 6 heteroatoms. The zero-order valence-electron chi connectivity index (χ0n) is 5.57. The molecule has 0 aliphatic carbocycles. The van der Waals surface area contributed by atoms with Gasteiger partial charge in [0.25, 0.3) is 5.95 Å². The van der Waals surface area contributed by atoms with Gasteiger partial charge in [-0.25, -0.2) is 0 Å². The Hall–Kier alpha value is -1.85. The van der Waals surface area contributed by atoms with Crippen molar-refractivity contribution in [2.45, 2.75) is 0 Å². The van der Waals surface area contributed by atoms with E-state index in [0.29, 0.717) is 17.3 Å². The molecule has 0 spiro atoms. The third-order valence-corrected chi connectivity index (χ3v) is 1.33. The van der Waals surface area contributed by atoms with Crippen molar-refractivity contribution in [3.8, 4) is 0 Å². The molecule has 0 fully saturated rings. The van der Waals surface area contributed by atoms with E-state index in [0.717, 1.165) is 0 Å². The summed E-state index contributed by atoms with van der Waals surface area (Å²) < 4.78 is 0. The maximum atomic E-state index is 5.50. The Labute approximate surface area is 62.4 Å². The Morgan fingerprint density at radius 1 is 1.36 bits per heavy atom. The number of aliphatic imine (C=N–C) groups is 1. The number of fused-ring (bicyclic) bond motifs is 1. The van der Waals surface area contributed by atoms with E-state index in [1.54, 1.807) is 0 Å². The van der Waals surface area contributed by atoms with Gasteiger partial charge in [0.1, 0.15) is 0 Å². The molecule has 0 atom stereocenters. The summed E-state index contributed by atoms with van der Waals surface area (Å²) in [7, 11) is 0. The van der Waals surface area contributed by atoms with Gasteiger partial charge in [-0.15, -0.1) is 0 Å². The van der Waals surface area contributed by atoms with E-state index in [2.05, 4.69) is 20.3 Å². The molecule has 0 aromatic carbocycles. The highest BCUT2D eigenvalue weighted by Crippen LogP contribution is 2.26. The van der Waals surface area contributed by atoms with Gasteiger partial charge in [-0.3, -0.25) is 5.32 Å². The Balaban J connectivity index is 2.66. The van der Waals surface area contributed by atoms with Crippen LogP contribution in [0.2, 0.25) is 0 Å². The van der Waals surface area contributed by atoms with Crippen LogP contribution >= 0.6 is 0 Å². The molecular formula is C5H6N6+. The van der Waals surface area contributed by atoms with Gasteiger partial charge < -0.3 is 11.5 Å². The molecule has 1 aliphatic rings. The number of rotatable bonds is 0. The molecule has 1 radical (unpaired) electrons. The summed E-state index contributed by atoms with van der Waals surface area (Å²) in [5.41, 5.74) is 11.5.